The molecule has 0 aliphatic carbocycles. The molecule has 2 heterocycles. The molecule has 5 nitrogen and oxygen atoms in total. The SMILES string of the molecule is CC(Oc1cccc(F)c1)C(=O)N(Cc1ccccn1)C1CCCNCC1. The summed E-state index contributed by atoms with van der Waals surface area (Å²) >= 11 is 0. The van der Waals surface area contributed by atoms with E-state index in [1.54, 1.807) is 25.3 Å². The van der Waals surface area contributed by atoms with Crippen molar-refractivity contribution >= 4 is 5.91 Å². The quantitative estimate of drug-likeness (QED) is 0.848. The van der Waals surface area contributed by atoms with Crippen LogP contribution < -0.4 is 10.1 Å². The molecule has 1 aliphatic heterocycles. The van der Waals surface area contributed by atoms with Crippen molar-refractivity contribution in [1.82, 2.24) is 15.2 Å². The molecule has 1 amide bonds. The number of nitrogens with one attached hydrogen (secondary N) is 1. The first-order valence-electron chi connectivity index (χ1n) is 9.47. The van der Waals surface area contributed by atoms with E-state index in [1.807, 2.05) is 23.1 Å². The van der Waals surface area contributed by atoms with Crippen molar-refractivity contribution in [1.29, 1.82) is 0 Å². The van der Waals surface area contributed by atoms with Gasteiger partial charge in [0.1, 0.15) is 11.6 Å². The molecule has 2 atom stereocenters. The van der Waals surface area contributed by atoms with Crippen molar-refractivity contribution in [2.24, 2.45) is 0 Å². The maximum absolute atomic E-state index is 13.4. The van der Waals surface area contributed by atoms with E-state index in [1.165, 1.54) is 12.1 Å². The van der Waals surface area contributed by atoms with Crippen LogP contribution in [0.1, 0.15) is 31.9 Å². The zero-order valence-electron chi connectivity index (χ0n) is 15.6. The molecule has 0 saturated carbocycles. The van der Waals surface area contributed by atoms with E-state index in [4.69, 9.17) is 4.74 Å². The standard InChI is InChI=1S/C21H26FN3O2/c1-16(27-20-9-4-6-17(22)14-20)21(26)25(15-18-7-2-3-12-24-18)19-8-5-11-23-13-10-19/h2-4,6-7,9,12,14,16,19,23H,5,8,10-11,13,15H2,1H3. The lowest BCUT2D eigenvalue weighted by atomic mass is 10.1. The summed E-state index contributed by atoms with van der Waals surface area (Å²) < 4.78 is 19.1. The topological polar surface area (TPSA) is 54.5 Å². The number of aromatic nitrogens is 1. The first-order valence-corrected chi connectivity index (χ1v) is 9.47. The maximum atomic E-state index is 13.4. The second-order valence-electron chi connectivity index (χ2n) is 6.84. The van der Waals surface area contributed by atoms with Gasteiger partial charge in [0.05, 0.1) is 12.2 Å². The fourth-order valence-corrected chi connectivity index (χ4v) is 3.39. The molecule has 1 N–H and O–H groups in total. The van der Waals surface area contributed by atoms with Gasteiger partial charge in [-0.05, 0) is 63.5 Å². The van der Waals surface area contributed by atoms with Crippen LogP contribution in [0.15, 0.2) is 48.7 Å². The highest BCUT2D eigenvalue weighted by atomic mass is 19.1. The van der Waals surface area contributed by atoms with Crippen molar-refractivity contribution in [3.63, 3.8) is 0 Å². The Morgan fingerprint density at radius 3 is 2.96 bits per heavy atom. The summed E-state index contributed by atoms with van der Waals surface area (Å²) in [4.78, 5) is 19.5. The average molecular weight is 371 g/mol. The van der Waals surface area contributed by atoms with Crippen LogP contribution in [-0.4, -0.2) is 41.0 Å². The highest BCUT2D eigenvalue weighted by Gasteiger charge is 2.29. The normalized spacial score (nSPS) is 18.4. The van der Waals surface area contributed by atoms with Gasteiger partial charge in [0.25, 0.3) is 5.91 Å². The summed E-state index contributed by atoms with van der Waals surface area (Å²) in [6.45, 7) is 4.02. The van der Waals surface area contributed by atoms with Gasteiger partial charge in [0, 0.05) is 18.3 Å². The minimum absolute atomic E-state index is 0.100. The zero-order chi connectivity index (χ0) is 19.1. The Labute approximate surface area is 159 Å². The van der Waals surface area contributed by atoms with Crippen molar-refractivity contribution in [2.75, 3.05) is 13.1 Å². The van der Waals surface area contributed by atoms with Crippen LogP contribution in [-0.2, 0) is 11.3 Å². The molecule has 6 heteroatoms. The van der Waals surface area contributed by atoms with Gasteiger partial charge in [-0.3, -0.25) is 9.78 Å². The van der Waals surface area contributed by atoms with E-state index in [-0.39, 0.29) is 17.8 Å². The Morgan fingerprint density at radius 1 is 1.30 bits per heavy atom. The number of rotatable bonds is 6. The first kappa shape index (κ1) is 19.3. The third-order valence-corrected chi connectivity index (χ3v) is 4.78. The van der Waals surface area contributed by atoms with Gasteiger partial charge in [-0.1, -0.05) is 12.1 Å². The van der Waals surface area contributed by atoms with E-state index < -0.39 is 6.10 Å². The summed E-state index contributed by atoms with van der Waals surface area (Å²) in [5.41, 5.74) is 0.848. The van der Waals surface area contributed by atoms with Crippen LogP contribution >= 0.6 is 0 Å². The lowest BCUT2D eigenvalue weighted by Crippen LogP contribution is -2.46. The average Bonchev–Trinajstić information content (AvgIpc) is 2.96. The second-order valence-corrected chi connectivity index (χ2v) is 6.84. The monoisotopic (exact) mass is 371 g/mol. The van der Waals surface area contributed by atoms with Crippen molar-refractivity contribution < 1.29 is 13.9 Å². The largest absolute Gasteiger partial charge is 0.481 e. The van der Waals surface area contributed by atoms with Gasteiger partial charge in [-0.25, -0.2) is 4.39 Å². The number of benzene rings is 1. The van der Waals surface area contributed by atoms with Crippen molar-refractivity contribution in [3.8, 4) is 5.75 Å². The minimum atomic E-state index is -0.702. The Kier molecular flexibility index (Phi) is 6.76. The molecular weight excluding hydrogens is 345 g/mol. The highest BCUT2D eigenvalue weighted by Crippen LogP contribution is 2.20. The van der Waals surface area contributed by atoms with Crippen LogP contribution in [0.5, 0.6) is 5.75 Å². The second kappa shape index (κ2) is 9.46. The lowest BCUT2D eigenvalue weighted by molar-refractivity contribution is -0.141. The number of pyridine rings is 1. The predicted octanol–water partition coefficient (Wildman–Crippen LogP) is 3.16. The Hall–Kier alpha value is -2.47. The van der Waals surface area contributed by atoms with E-state index in [2.05, 4.69) is 10.3 Å². The first-order chi connectivity index (χ1) is 13.1. The third-order valence-electron chi connectivity index (χ3n) is 4.78. The lowest BCUT2D eigenvalue weighted by Gasteiger charge is -2.33. The molecular formula is C21H26FN3O2. The van der Waals surface area contributed by atoms with Crippen LogP contribution in [0.4, 0.5) is 4.39 Å². The molecule has 0 spiro atoms. The summed E-state index contributed by atoms with van der Waals surface area (Å²) in [7, 11) is 0. The van der Waals surface area contributed by atoms with E-state index in [0.29, 0.717) is 12.3 Å². The summed E-state index contributed by atoms with van der Waals surface area (Å²) in [6.07, 6.45) is 3.89. The Bertz CT molecular complexity index is 733. The van der Waals surface area contributed by atoms with Gasteiger partial charge in [0.2, 0.25) is 0 Å². The molecule has 1 fully saturated rings. The fraction of sp³-hybridized carbons (Fsp3) is 0.429. The Morgan fingerprint density at radius 2 is 2.19 bits per heavy atom. The molecule has 2 aromatic rings. The van der Waals surface area contributed by atoms with Gasteiger partial charge in [-0.2, -0.15) is 0 Å². The smallest absolute Gasteiger partial charge is 0.263 e. The number of carbonyl (C=O) groups excluding carboxylic acids is 1. The van der Waals surface area contributed by atoms with E-state index >= 15 is 0 Å². The molecule has 144 valence electrons. The number of hydrogen-bond donors (Lipinski definition) is 1. The van der Waals surface area contributed by atoms with Gasteiger partial charge in [0.15, 0.2) is 6.10 Å². The van der Waals surface area contributed by atoms with E-state index in [0.717, 1.165) is 38.0 Å². The van der Waals surface area contributed by atoms with Crippen molar-refractivity contribution in [2.45, 2.75) is 44.9 Å². The number of halogens is 1. The molecule has 0 radical (unpaired) electrons. The fourth-order valence-electron chi connectivity index (χ4n) is 3.39. The zero-order valence-corrected chi connectivity index (χ0v) is 15.6. The summed E-state index contributed by atoms with van der Waals surface area (Å²) in [5.74, 6) is -0.125. The predicted molar refractivity (Wildman–Crippen MR) is 102 cm³/mol. The van der Waals surface area contributed by atoms with Gasteiger partial charge < -0.3 is 15.0 Å². The molecule has 27 heavy (non-hydrogen) atoms. The number of ether oxygens (including phenoxy) is 1. The molecule has 0 bridgehead atoms. The number of amides is 1. The molecule has 3 rings (SSSR count). The molecule has 1 aliphatic rings. The summed E-state index contributed by atoms with van der Waals surface area (Å²) in [5, 5.41) is 3.38. The molecule has 2 unspecified atom stereocenters. The number of carbonyl (C=O) groups is 1. The molecule has 1 aromatic carbocycles. The van der Waals surface area contributed by atoms with Crippen molar-refractivity contribution in [3.05, 3.63) is 60.2 Å². The van der Waals surface area contributed by atoms with Crippen LogP contribution in [0.2, 0.25) is 0 Å². The van der Waals surface area contributed by atoms with Crippen LogP contribution in [0.3, 0.4) is 0 Å². The van der Waals surface area contributed by atoms with Crippen LogP contribution in [0.25, 0.3) is 0 Å². The molecule has 1 aromatic heterocycles. The Balaban J connectivity index is 1.76. The van der Waals surface area contributed by atoms with Crippen LogP contribution in [0, 0.1) is 5.82 Å². The maximum Gasteiger partial charge on any atom is 0.263 e. The third kappa shape index (κ3) is 5.50. The highest BCUT2D eigenvalue weighted by molar-refractivity contribution is 5.81. The minimum Gasteiger partial charge on any atom is -0.481 e. The summed E-state index contributed by atoms with van der Waals surface area (Å²) in [6, 6.07) is 11.7. The molecule has 1 saturated heterocycles. The number of nitrogens with zero attached hydrogens (tertiary/aromatic N) is 2. The van der Waals surface area contributed by atoms with Gasteiger partial charge in [-0.15, -0.1) is 0 Å². The van der Waals surface area contributed by atoms with E-state index in [9.17, 15) is 9.18 Å². The number of hydrogen-bond acceptors (Lipinski definition) is 4. The van der Waals surface area contributed by atoms with Gasteiger partial charge >= 0.3 is 0 Å².